The highest BCUT2D eigenvalue weighted by Crippen LogP contribution is 2.25. The summed E-state index contributed by atoms with van der Waals surface area (Å²) in [5, 5.41) is 1.92. The van der Waals surface area contributed by atoms with Crippen LogP contribution in [-0.4, -0.2) is 34.8 Å². The lowest BCUT2D eigenvalue weighted by molar-refractivity contribution is -0.140. The molecular formula is C23H22N2O4S. The fraction of sp³-hybridized carbons (Fsp3) is 0.261. The number of carbonyl (C=O) groups excluding carboxylic acids is 2. The average molecular weight is 423 g/mol. The van der Waals surface area contributed by atoms with Gasteiger partial charge in [-0.1, -0.05) is 30.3 Å². The van der Waals surface area contributed by atoms with Gasteiger partial charge in [0.05, 0.1) is 16.8 Å². The van der Waals surface area contributed by atoms with E-state index in [4.69, 9.17) is 9.47 Å². The van der Waals surface area contributed by atoms with Crippen LogP contribution in [0.4, 0.5) is 0 Å². The van der Waals surface area contributed by atoms with Crippen molar-refractivity contribution in [3.05, 3.63) is 82.3 Å². The van der Waals surface area contributed by atoms with Crippen LogP contribution in [0, 0.1) is 0 Å². The highest BCUT2D eigenvalue weighted by atomic mass is 32.1. The number of likely N-dealkylation sites (tertiary alicyclic amines) is 1. The van der Waals surface area contributed by atoms with Gasteiger partial charge in [-0.25, -0.2) is 9.78 Å². The molecule has 1 saturated heterocycles. The normalized spacial score (nSPS) is 14.3. The molecule has 154 valence electrons. The Hall–Kier alpha value is -3.19. The molecule has 1 fully saturated rings. The molecule has 0 unspecified atom stereocenters. The highest BCUT2D eigenvalue weighted by molar-refractivity contribution is 7.07. The Morgan fingerprint density at radius 2 is 1.77 bits per heavy atom. The predicted molar refractivity (Wildman–Crippen MR) is 113 cm³/mol. The molecule has 2 aromatic carbocycles. The van der Waals surface area contributed by atoms with E-state index in [0.29, 0.717) is 36.6 Å². The van der Waals surface area contributed by atoms with E-state index in [-0.39, 0.29) is 5.91 Å². The van der Waals surface area contributed by atoms with Crippen LogP contribution in [0.1, 0.15) is 40.6 Å². The largest absolute Gasteiger partial charge is 0.487 e. The first kappa shape index (κ1) is 20.1. The third-order valence-electron chi connectivity index (χ3n) is 4.93. The molecule has 1 atom stereocenters. The number of carbonyl (C=O) groups is 2. The van der Waals surface area contributed by atoms with Crippen molar-refractivity contribution >= 4 is 23.2 Å². The molecule has 0 spiro atoms. The van der Waals surface area contributed by atoms with Crippen molar-refractivity contribution in [2.45, 2.75) is 25.6 Å². The van der Waals surface area contributed by atoms with E-state index in [2.05, 4.69) is 4.98 Å². The van der Waals surface area contributed by atoms with Crippen LogP contribution in [0.3, 0.4) is 0 Å². The summed E-state index contributed by atoms with van der Waals surface area (Å²) in [5.74, 6) is -0.0787. The van der Waals surface area contributed by atoms with E-state index in [1.807, 2.05) is 23.6 Å². The van der Waals surface area contributed by atoms with Gasteiger partial charge in [-0.15, -0.1) is 11.3 Å². The van der Waals surface area contributed by atoms with E-state index in [0.717, 1.165) is 18.5 Å². The van der Waals surface area contributed by atoms with Gasteiger partial charge in [0.25, 0.3) is 5.91 Å². The number of aromatic nitrogens is 1. The van der Waals surface area contributed by atoms with Crippen molar-refractivity contribution in [2.75, 3.05) is 13.1 Å². The van der Waals surface area contributed by atoms with Crippen molar-refractivity contribution < 1.29 is 19.1 Å². The molecule has 1 amide bonds. The monoisotopic (exact) mass is 422 g/mol. The van der Waals surface area contributed by atoms with Gasteiger partial charge in [0.2, 0.25) is 6.10 Å². The summed E-state index contributed by atoms with van der Waals surface area (Å²) in [5.41, 5.74) is 3.65. The van der Waals surface area contributed by atoms with Crippen molar-refractivity contribution in [2.24, 2.45) is 0 Å². The number of rotatable bonds is 7. The predicted octanol–water partition coefficient (Wildman–Crippen LogP) is 4.24. The number of benzene rings is 2. The smallest absolute Gasteiger partial charge is 0.339 e. The molecule has 1 aromatic heterocycles. The van der Waals surface area contributed by atoms with Gasteiger partial charge in [-0.05, 0) is 37.1 Å². The second-order valence-electron chi connectivity index (χ2n) is 7.02. The maximum atomic E-state index is 13.0. The number of esters is 1. The van der Waals surface area contributed by atoms with Crippen molar-refractivity contribution in [1.82, 2.24) is 9.88 Å². The number of hydrogen-bond acceptors (Lipinski definition) is 6. The maximum Gasteiger partial charge on any atom is 0.339 e. The van der Waals surface area contributed by atoms with Gasteiger partial charge < -0.3 is 14.4 Å². The highest BCUT2D eigenvalue weighted by Gasteiger charge is 2.31. The first-order valence-corrected chi connectivity index (χ1v) is 10.8. The molecule has 0 bridgehead atoms. The first-order chi connectivity index (χ1) is 14.7. The lowest BCUT2D eigenvalue weighted by atomic mass is 10.1. The van der Waals surface area contributed by atoms with Crippen LogP contribution in [0.25, 0.3) is 0 Å². The number of hydrogen-bond donors (Lipinski definition) is 0. The van der Waals surface area contributed by atoms with Crippen LogP contribution >= 0.6 is 11.3 Å². The molecule has 7 heteroatoms. The number of ether oxygens (including phenoxy) is 2. The second-order valence-corrected chi connectivity index (χ2v) is 7.74. The van der Waals surface area contributed by atoms with Gasteiger partial charge in [-0.3, -0.25) is 4.79 Å². The number of thiazole rings is 1. The van der Waals surface area contributed by atoms with E-state index in [1.165, 1.54) is 11.3 Å². The van der Waals surface area contributed by atoms with E-state index >= 15 is 0 Å². The summed E-state index contributed by atoms with van der Waals surface area (Å²) in [6.45, 7) is 1.77. The minimum atomic E-state index is -0.947. The lowest BCUT2D eigenvalue weighted by Gasteiger charge is -2.23. The van der Waals surface area contributed by atoms with Gasteiger partial charge in [-0.2, -0.15) is 0 Å². The number of nitrogens with zero attached hydrogens (tertiary/aromatic N) is 2. The average Bonchev–Trinajstić information content (AvgIpc) is 3.51. The van der Waals surface area contributed by atoms with Gasteiger partial charge in [0.15, 0.2) is 0 Å². The van der Waals surface area contributed by atoms with Crippen LogP contribution in [0.2, 0.25) is 0 Å². The van der Waals surface area contributed by atoms with Gasteiger partial charge >= 0.3 is 5.97 Å². The van der Waals surface area contributed by atoms with Crippen LogP contribution < -0.4 is 4.74 Å². The zero-order chi connectivity index (χ0) is 20.8. The minimum absolute atomic E-state index is 0.171. The van der Waals surface area contributed by atoms with Crippen LogP contribution in [-0.2, 0) is 16.1 Å². The Morgan fingerprint density at radius 3 is 2.43 bits per heavy atom. The molecule has 30 heavy (non-hydrogen) atoms. The molecule has 6 nitrogen and oxygen atoms in total. The van der Waals surface area contributed by atoms with E-state index in [1.54, 1.807) is 46.8 Å². The fourth-order valence-corrected chi connectivity index (χ4v) is 3.86. The third-order valence-corrected chi connectivity index (χ3v) is 5.56. The third kappa shape index (κ3) is 4.86. The number of amides is 1. The quantitative estimate of drug-likeness (QED) is 0.533. The SMILES string of the molecule is O=C(O[C@@H](C(=O)N1CCCC1)c1ccccc1)c1ccc(OCc2cscn2)cc1. The lowest BCUT2D eigenvalue weighted by Crippen LogP contribution is -2.34. The zero-order valence-electron chi connectivity index (χ0n) is 16.4. The van der Waals surface area contributed by atoms with E-state index in [9.17, 15) is 9.59 Å². The summed E-state index contributed by atoms with van der Waals surface area (Å²) < 4.78 is 11.3. The first-order valence-electron chi connectivity index (χ1n) is 9.85. The van der Waals surface area contributed by atoms with Crippen molar-refractivity contribution in [3.8, 4) is 5.75 Å². The van der Waals surface area contributed by atoms with Crippen LogP contribution in [0.15, 0.2) is 65.5 Å². The fourth-order valence-electron chi connectivity index (χ4n) is 3.32. The summed E-state index contributed by atoms with van der Waals surface area (Å²) in [6, 6.07) is 15.9. The molecule has 1 aliphatic heterocycles. The maximum absolute atomic E-state index is 13.0. The molecule has 0 aliphatic carbocycles. The molecule has 3 aromatic rings. The molecular weight excluding hydrogens is 400 g/mol. The minimum Gasteiger partial charge on any atom is -0.487 e. The van der Waals surface area contributed by atoms with E-state index < -0.39 is 12.1 Å². The van der Waals surface area contributed by atoms with Gasteiger partial charge in [0, 0.05) is 24.0 Å². The van der Waals surface area contributed by atoms with Crippen molar-refractivity contribution in [3.63, 3.8) is 0 Å². The molecule has 1 aliphatic rings. The van der Waals surface area contributed by atoms with Crippen LogP contribution in [0.5, 0.6) is 5.75 Å². The molecule has 0 radical (unpaired) electrons. The molecule has 0 N–H and O–H groups in total. The van der Waals surface area contributed by atoms with Crippen molar-refractivity contribution in [1.29, 1.82) is 0 Å². The Morgan fingerprint density at radius 1 is 1.03 bits per heavy atom. The summed E-state index contributed by atoms with van der Waals surface area (Å²) >= 11 is 1.51. The Labute approximate surface area is 179 Å². The second kappa shape index (κ2) is 9.54. The summed E-state index contributed by atoms with van der Waals surface area (Å²) in [4.78, 5) is 31.7. The summed E-state index contributed by atoms with van der Waals surface area (Å²) in [6.07, 6.45) is 1.00. The van der Waals surface area contributed by atoms with Gasteiger partial charge in [0.1, 0.15) is 12.4 Å². The Kier molecular flexibility index (Phi) is 6.39. The zero-order valence-corrected chi connectivity index (χ0v) is 17.2. The molecule has 4 rings (SSSR count). The topological polar surface area (TPSA) is 68.7 Å². The summed E-state index contributed by atoms with van der Waals surface area (Å²) in [7, 11) is 0. The molecule has 2 heterocycles. The Bertz CT molecular complexity index is 968. The molecule has 0 saturated carbocycles. The Balaban J connectivity index is 1.44. The standard InChI is InChI=1S/C23H22N2O4S/c26-22(25-12-4-5-13-25)21(17-6-2-1-3-7-17)29-23(27)18-8-10-20(11-9-18)28-14-19-15-30-16-24-19/h1-3,6-11,15-16,21H,4-5,12-14H2/t21-/m1/s1.